The highest BCUT2D eigenvalue weighted by atomic mass is 16.4. The lowest BCUT2D eigenvalue weighted by molar-refractivity contribution is 0.0685. The van der Waals surface area contributed by atoms with E-state index in [2.05, 4.69) is 15.2 Å². The molecule has 90 valence electrons. The van der Waals surface area contributed by atoms with Gasteiger partial charge in [0.05, 0.1) is 6.20 Å². The molecule has 0 unspecified atom stereocenters. The first-order chi connectivity index (χ1) is 8.11. The number of aromatic nitrogens is 4. The van der Waals surface area contributed by atoms with Gasteiger partial charge in [-0.15, -0.1) is 10.2 Å². The van der Waals surface area contributed by atoms with E-state index in [0.717, 1.165) is 0 Å². The maximum absolute atomic E-state index is 11.0. The molecule has 0 spiro atoms. The molecule has 7 nitrogen and oxygen atoms in total. The molecule has 1 N–H and O–H groups in total. The van der Waals surface area contributed by atoms with Crippen LogP contribution in [0.2, 0.25) is 0 Å². The molecule has 0 bridgehead atoms. The minimum Gasteiger partial charge on any atom is -0.477 e. The molecular formula is C10H12N4O3. The number of imidazole rings is 1. The smallest absolute Gasteiger partial charge is 0.354 e. The molecule has 2 heterocycles. The van der Waals surface area contributed by atoms with Crippen molar-refractivity contribution in [2.45, 2.75) is 26.8 Å². The Morgan fingerprint density at radius 1 is 1.47 bits per heavy atom. The molecular weight excluding hydrogens is 224 g/mol. The lowest BCUT2D eigenvalue weighted by Crippen LogP contribution is -2.11. The number of carboxylic acids is 1. The minimum atomic E-state index is -1.03. The van der Waals surface area contributed by atoms with Gasteiger partial charge in [-0.25, -0.2) is 9.78 Å². The van der Waals surface area contributed by atoms with Gasteiger partial charge in [0.15, 0.2) is 0 Å². The summed E-state index contributed by atoms with van der Waals surface area (Å²) in [4.78, 5) is 14.9. The lowest BCUT2D eigenvalue weighted by atomic mass is 10.4. The van der Waals surface area contributed by atoms with Crippen molar-refractivity contribution in [3.63, 3.8) is 0 Å². The summed E-state index contributed by atoms with van der Waals surface area (Å²) in [5.74, 6) is 0.486. The summed E-state index contributed by atoms with van der Waals surface area (Å²) >= 11 is 0. The quantitative estimate of drug-likeness (QED) is 0.846. The summed E-state index contributed by atoms with van der Waals surface area (Å²) in [6, 6.07) is 0. The van der Waals surface area contributed by atoms with Crippen LogP contribution in [0.1, 0.15) is 35.0 Å². The fraction of sp³-hybridized carbons (Fsp3) is 0.400. The number of rotatable bonds is 4. The highest BCUT2D eigenvalue weighted by Gasteiger charge is 2.15. The van der Waals surface area contributed by atoms with Gasteiger partial charge in [-0.1, -0.05) is 6.92 Å². The van der Waals surface area contributed by atoms with E-state index in [1.165, 1.54) is 10.8 Å². The second kappa shape index (κ2) is 4.36. The first-order valence-electron chi connectivity index (χ1n) is 5.18. The van der Waals surface area contributed by atoms with Crippen molar-refractivity contribution in [2.75, 3.05) is 0 Å². The molecule has 2 rings (SSSR count). The van der Waals surface area contributed by atoms with Crippen LogP contribution >= 0.6 is 0 Å². The van der Waals surface area contributed by atoms with Crippen molar-refractivity contribution >= 4 is 5.97 Å². The van der Waals surface area contributed by atoms with Crippen molar-refractivity contribution in [2.24, 2.45) is 0 Å². The van der Waals surface area contributed by atoms with Crippen LogP contribution in [0.15, 0.2) is 10.6 Å². The van der Waals surface area contributed by atoms with Crippen molar-refractivity contribution in [3.05, 3.63) is 29.5 Å². The van der Waals surface area contributed by atoms with E-state index in [9.17, 15) is 4.79 Å². The molecule has 0 saturated heterocycles. The van der Waals surface area contributed by atoms with Crippen molar-refractivity contribution in [1.29, 1.82) is 0 Å². The molecule has 2 aromatic rings. The Labute approximate surface area is 97.1 Å². The van der Waals surface area contributed by atoms with Crippen LogP contribution < -0.4 is 0 Å². The Balaban J connectivity index is 2.29. The summed E-state index contributed by atoms with van der Waals surface area (Å²) < 4.78 is 6.86. The number of aromatic carboxylic acids is 1. The van der Waals surface area contributed by atoms with Gasteiger partial charge in [0.1, 0.15) is 18.1 Å². The largest absolute Gasteiger partial charge is 0.477 e. The van der Waals surface area contributed by atoms with Gasteiger partial charge in [-0.3, -0.25) is 0 Å². The van der Waals surface area contributed by atoms with Gasteiger partial charge in [-0.05, 0) is 6.92 Å². The number of nitrogens with zero attached hydrogens (tertiary/aromatic N) is 4. The summed E-state index contributed by atoms with van der Waals surface area (Å²) in [7, 11) is 0. The molecule has 0 aromatic carbocycles. The van der Waals surface area contributed by atoms with E-state index in [-0.39, 0.29) is 12.2 Å². The Bertz CT molecular complexity index is 543. The highest BCUT2D eigenvalue weighted by Crippen LogP contribution is 2.09. The Morgan fingerprint density at radius 3 is 2.76 bits per heavy atom. The predicted octanol–water partition coefficient (Wildman–Crippen LogP) is 0.883. The molecule has 2 aromatic heterocycles. The maximum atomic E-state index is 11.0. The summed E-state index contributed by atoms with van der Waals surface area (Å²) in [6.07, 6.45) is 1.97. The Morgan fingerprint density at radius 2 is 2.18 bits per heavy atom. The van der Waals surface area contributed by atoms with E-state index in [1.54, 1.807) is 6.92 Å². The van der Waals surface area contributed by atoms with Crippen molar-refractivity contribution < 1.29 is 14.3 Å². The number of carboxylic acid groups (broad SMARTS) is 1. The maximum Gasteiger partial charge on any atom is 0.354 e. The molecule has 7 heteroatoms. The number of aryl methyl sites for hydroxylation is 2. The third kappa shape index (κ3) is 2.17. The topological polar surface area (TPSA) is 94.0 Å². The molecule has 0 amide bonds. The van der Waals surface area contributed by atoms with Crippen LogP contribution in [-0.4, -0.2) is 30.8 Å². The van der Waals surface area contributed by atoms with Gasteiger partial charge < -0.3 is 14.1 Å². The van der Waals surface area contributed by atoms with E-state index < -0.39 is 5.97 Å². The first-order valence-corrected chi connectivity index (χ1v) is 5.18. The molecule has 0 radical (unpaired) electrons. The zero-order chi connectivity index (χ0) is 12.4. The molecule has 0 aliphatic heterocycles. The molecule has 0 fully saturated rings. The van der Waals surface area contributed by atoms with Crippen LogP contribution in [-0.2, 0) is 13.0 Å². The fourth-order valence-electron chi connectivity index (χ4n) is 1.47. The van der Waals surface area contributed by atoms with Gasteiger partial charge in [0, 0.05) is 6.42 Å². The molecule has 0 atom stereocenters. The van der Waals surface area contributed by atoms with Crippen LogP contribution in [0.4, 0.5) is 0 Å². The Kier molecular flexibility index (Phi) is 2.90. The third-order valence-electron chi connectivity index (χ3n) is 2.38. The third-order valence-corrected chi connectivity index (χ3v) is 2.38. The zero-order valence-electron chi connectivity index (χ0n) is 9.54. The van der Waals surface area contributed by atoms with Crippen molar-refractivity contribution in [1.82, 2.24) is 19.7 Å². The first kappa shape index (κ1) is 11.3. The van der Waals surface area contributed by atoms with Gasteiger partial charge >= 0.3 is 5.97 Å². The molecule has 0 saturated carbocycles. The van der Waals surface area contributed by atoms with Gasteiger partial charge in [0.25, 0.3) is 0 Å². The van der Waals surface area contributed by atoms with E-state index in [4.69, 9.17) is 9.52 Å². The number of hydrogen-bond donors (Lipinski definition) is 1. The summed E-state index contributed by atoms with van der Waals surface area (Å²) in [5.41, 5.74) is 0.110. The normalized spacial score (nSPS) is 10.7. The van der Waals surface area contributed by atoms with E-state index >= 15 is 0 Å². The molecule has 0 aliphatic rings. The average molecular weight is 236 g/mol. The van der Waals surface area contributed by atoms with Crippen LogP contribution in [0.3, 0.4) is 0 Å². The zero-order valence-corrected chi connectivity index (χ0v) is 9.54. The van der Waals surface area contributed by atoms with Crippen molar-refractivity contribution in [3.8, 4) is 0 Å². The number of hydrogen-bond acceptors (Lipinski definition) is 5. The predicted molar refractivity (Wildman–Crippen MR) is 56.7 cm³/mol. The fourth-order valence-corrected chi connectivity index (χ4v) is 1.47. The molecule has 0 aliphatic carbocycles. The van der Waals surface area contributed by atoms with Crippen LogP contribution in [0.5, 0.6) is 0 Å². The van der Waals surface area contributed by atoms with Crippen LogP contribution in [0.25, 0.3) is 0 Å². The van der Waals surface area contributed by atoms with Gasteiger partial charge in [-0.2, -0.15) is 0 Å². The van der Waals surface area contributed by atoms with Crippen LogP contribution in [0, 0.1) is 6.92 Å². The van der Waals surface area contributed by atoms with E-state index in [1.807, 2.05) is 6.92 Å². The minimum absolute atomic E-state index is 0.110. The average Bonchev–Trinajstić information content (AvgIpc) is 2.87. The Hall–Kier alpha value is -2.18. The lowest BCUT2D eigenvalue weighted by Gasteiger charge is -2.03. The van der Waals surface area contributed by atoms with E-state index in [0.29, 0.717) is 24.0 Å². The monoisotopic (exact) mass is 236 g/mol. The number of carbonyl (C=O) groups is 1. The second-order valence-corrected chi connectivity index (χ2v) is 3.53. The SMILES string of the molecule is CCc1nnc(Cn2c(C(=O)O)cnc2C)o1. The second-order valence-electron chi connectivity index (χ2n) is 3.53. The molecule has 17 heavy (non-hydrogen) atoms. The van der Waals surface area contributed by atoms with Gasteiger partial charge in [0.2, 0.25) is 11.8 Å². The highest BCUT2D eigenvalue weighted by molar-refractivity contribution is 5.85. The standard InChI is InChI=1S/C10H12N4O3/c1-3-8-12-13-9(17-8)5-14-6(2)11-4-7(14)10(15)16/h4H,3,5H2,1-2H3,(H,15,16). The summed E-state index contributed by atoms with van der Waals surface area (Å²) in [6.45, 7) is 3.85. The summed E-state index contributed by atoms with van der Waals surface area (Å²) in [5, 5.41) is 16.6.